The van der Waals surface area contributed by atoms with Gasteiger partial charge in [-0.25, -0.2) is 0 Å². The van der Waals surface area contributed by atoms with Gasteiger partial charge in [0.05, 0.1) is 7.11 Å². The summed E-state index contributed by atoms with van der Waals surface area (Å²) in [5.41, 5.74) is 0. The summed E-state index contributed by atoms with van der Waals surface area (Å²) in [5, 5.41) is 3.42. The zero-order valence-corrected chi connectivity index (χ0v) is 10.9. The van der Waals surface area contributed by atoms with Crippen molar-refractivity contribution in [2.24, 2.45) is 5.92 Å². The van der Waals surface area contributed by atoms with E-state index < -0.39 is 0 Å². The molecule has 1 saturated carbocycles. The van der Waals surface area contributed by atoms with Gasteiger partial charge in [-0.15, -0.1) is 0 Å². The van der Waals surface area contributed by atoms with Crippen molar-refractivity contribution in [1.82, 2.24) is 15.0 Å². The monoisotopic (exact) mass is 256 g/mol. The van der Waals surface area contributed by atoms with E-state index in [2.05, 4.69) is 27.2 Å². The van der Waals surface area contributed by atoms with Crippen LogP contribution >= 0.6 is 11.6 Å². The largest absolute Gasteiger partial charge is 0.467 e. The normalized spacial score (nSPS) is 18.1. The highest BCUT2D eigenvalue weighted by molar-refractivity contribution is 6.28. The van der Waals surface area contributed by atoms with Crippen molar-refractivity contribution in [3.8, 4) is 6.01 Å². The number of nitrogens with one attached hydrogen (secondary N) is 1. The topological polar surface area (TPSA) is 59.9 Å². The van der Waals surface area contributed by atoms with Gasteiger partial charge in [0.25, 0.3) is 0 Å². The van der Waals surface area contributed by atoms with E-state index in [1.54, 1.807) is 0 Å². The van der Waals surface area contributed by atoms with E-state index in [0.29, 0.717) is 17.9 Å². The number of rotatable bonds is 4. The van der Waals surface area contributed by atoms with E-state index in [4.69, 9.17) is 16.3 Å². The lowest BCUT2D eigenvalue weighted by Crippen LogP contribution is -2.25. The van der Waals surface area contributed by atoms with E-state index in [0.717, 1.165) is 0 Å². The minimum absolute atomic E-state index is 0.151. The van der Waals surface area contributed by atoms with Crippen molar-refractivity contribution in [1.29, 1.82) is 0 Å². The van der Waals surface area contributed by atoms with Crippen LogP contribution in [0.4, 0.5) is 5.95 Å². The molecule has 94 valence electrons. The first-order valence-electron chi connectivity index (χ1n) is 5.91. The molecule has 5 nitrogen and oxygen atoms in total. The molecule has 1 atom stereocenters. The van der Waals surface area contributed by atoms with Crippen LogP contribution in [0, 0.1) is 5.92 Å². The Morgan fingerprint density at radius 1 is 1.29 bits per heavy atom. The molecule has 0 aliphatic heterocycles. The lowest BCUT2D eigenvalue weighted by atomic mass is 10.0. The fraction of sp³-hybridized carbons (Fsp3) is 0.727. The summed E-state index contributed by atoms with van der Waals surface area (Å²) in [6.45, 7) is 2.15. The molecule has 0 amide bonds. The number of ether oxygens (including phenoxy) is 1. The van der Waals surface area contributed by atoms with Gasteiger partial charge in [0, 0.05) is 6.04 Å². The van der Waals surface area contributed by atoms with E-state index in [1.807, 2.05) is 0 Å². The summed E-state index contributed by atoms with van der Waals surface area (Å²) in [6, 6.07) is 0.590. The predicted molar refractivity (Wildman–Crippen MR) is 66.4 cm³/mol. The lowest BCUT2D eigenvalue weighted by molar-refractivity contribution is 0.378. The third-order valence-electron chi connectivity index (χ3n) is 3.23. The number of hydrogen-bond acceptors (Lipinski definition) is 5. The molecule has 1 aromatic rings. The highest BCUT2D eigenvalue weighted by atomic mass is 35.5. The second-order valence-corrected chi connectivity index (χ2v) is 4.73. The molecule has 1 aliphatic rings. The first-order valence-corrected chi connectivity index (χ1v) is 6.29. The Bertz CT molecular complexity index is 382. The molecular formula is C11H17ClN4O. The van der Waals surface area contributed by atoms with Gasteiger partial charge in [-0.1, -0.05) is 12.8 Å². The van der Waals surface area contributed by atoms with Gasteiger partial charge in [0.1, 0.15) is 0 Å². The first-order chi connectivity index (χ1) is 8.19. The molecule has 17 heavy (non-hydrogen) atoms. The second kappa shape index (κ2) is 5.49. The minimum atomic E-state index is 0.151. The van der Waals surface area contributed by atoms with Crippen LogP contribution in [0.25, 0.3) is 0 Å². The van der Waals surface area contributed by atoms with Crippen LogP contribution in [0.1, 0.15) is 32.6 Å². The summed E-state index contributed by atoms with van der Waals surface area (Å²) in [6.07, 6.45) is 5.17. The van der Waals surface area contributed by atoms with Crippen LogP contribution in [0.3, 0.4) is 0 Å². The van der Waals surface area contributed by atoms with Crippen molar-refractivity contribution in [2.45, 2.75) is 38.6 Å². The lowest BCUT2D eigenvalue weighted by Gasteiger charge is -2.20. The Kier molecular flexibility index (Phi) is 3.99. The van der Waals surface area contributed by atoms with Gasteiger partial charge in [0.2, 0.25) is 11.2 Å². The average molecular weight is 257 g/mol. The summed E-state index contributed by atoms with van der Waals surface area (Å²) in [4.78, 5) is 12.0. The molecule has 1 heterocycles. The zero-order chi connectivity index (χ0) is 12.3. The molecule has 6 heteroatoms. The standard InChI is InChI=1S/C11H17ClN4O/c1-7(8-5-3-4-6-8)13-10-14-9(12)15-11(16-10)17-2/h7-8H,3-6H2,1-2H3,(H,13,14,15,16). The van der Waals surface area contributed by atoms with E-state index in [1.165, 1.54) is 32.8 Å². The minimum Gasteiger partial charge on any atom is -0.467 e. The van der Waals surface area contributed by atoms with Gasteiger partial charge >= 0.3 is 6.01 Å². The van der Waals surface area contributed by atoms with Crippen LogP contribution in [0.15, 0.2) is 0 Å². The number of anilines is 1. The SMILES string of the molecule is COc1nc(Cl)nc(NC(C)C2CCCC2)n1. The molecule has 1 fully saturated rings. The van der Waals surface area contributed by atoms with Gasteiger partial charge in [-0.2, -0.15) is 15.0 Å². The third kappa shape index (κ3) is 3.19. The third-order valence-corrected chi connectivity index (χ3v) is 3.40. The fourth-order valence-corrected chi connectivity index (χ4v) is 2.42. The molecule has 1 N–H and O–H groups in total. The molecule has 1 aliphatic carbocycles. The van der Waals surface area contributed by atoms with Gasteiger partial charge in [-0.3, -0.25) is 0 Å². The summed E-state index contributed by atoms with van der Waals surface area (Å²) in [5.74, 6) is 1.18. The maximum atomic E-state index is 5.79. The quantitative estimate of drug-likeness (QED) is 0.897. The fourth-order valence-electron chi connectivity index (χ4n) is 2.27. The molecule has 0 saturated heterocycles. The van der Waals surface area contributed by atoms with E-state index >= 15 is 0 Å². The highest BCUT2D eigenvalue weighted by Crippen LogP contribution is 2.28. The number of halogens is 1. The van der Waals surface area contributed by atoms with Crippen molar-refractivity contribution >= 4 is 17.5 Å². The molecule has 0 spiro atoms. The number of nitrogens with zero attached hydrogens (tertiary/aromatic N) is 3. The molecule has 2 rings (SSSR count). The number of aromatic nitrogens is 3. The Morgan fingerprint density at radius 3 is 2.65 bits per heavy atom. The predicted octanol–water partition coefficient (Wildman–Crippen LogP) is 2.52. The van der Waals surface area contributed by atoms with Crippen molar-refractivity contribution in [3.63, 3.8) is 0 Å². The maximum absolute atomic E-state index is 5.79. The Morgan fingerprint density at radius 2 is 2.00 bits per heavy atom. The van der Waals surface area contributed by atoms with Crippen molar-refractivity contribution < 1.29 is 4.74 Å². The van der Waals surface area contributed by atoms with Crippen LogP contribution in [0.2, 0.25) is 5.28 Å². The Labute approximate surface area is 106 Å². The van der Waals surface area contributed by atoms with Crippen LogP contribution in [-0.4, -0.2) is 28.1 Å². The van der Waals surface area contributed by atoms with Crippen LogP contribution in [-0.2, 0) is 0 Å². The van der Waals surface area contributed by atoms with E-state index in [-0.39, 0.29) is 11.3 Å². The summed E-state index contributed by atoms with van der Waals surface area (Å²) in [7, 11) is 1.51. The van der Waals surface area contributed by atoms with Gasteiger partial charge in [0.15, 0.2) is 0 Å². The average Bonchev–Trinajstić information content (AvgIpc) is 2.81. The van der Waals surface area contributed by atoms with E-state index in [9.17, 15) is 0 Å². The van der Waals surface area contributed by atoms with Crippen LogP contribution in [0.5, 0.6) is 6.01 Å². The molecule has 0 aromatic carbocycles. The molecule has 1 aromatic heterocycles. The summed E-state index contributed by atoms with van der Waals surface area (Å²) >= 11 is 5.79. The summed E-state index contributed by atoms with van der Waals surface area (Å²) < 4.78 is 4.96. The maximum Gasteiger partial charge on any atom is 0.322 e. The smallest absolute Gasteiger partial charge is 0.322 e. The van der Waals surface area contributed by atoms with Gasteiger partial charge < -0.3 is 10.1 Å². The number of hydrogen-bond donors (Lipinski definition) is 1. The van der Waals surface area contributed by atoms with Gasteiger partial charge in [-0.05, 0) is 37.3 Å². The highest BCUT2D eigenvalue weighted by Gasteiger charge is 2.22. The first kappa shape index (κ1) is 12.4. The Balaban J connectivity index is 2.04. The zero-order valence-electron chi connectivity index (χ0n) is 10.1. The molecule has 0 radical (unpaired) electrons. The number of methoxy groups -OCH3 is 1. The molecule has 1 unspecified atom stereocenters. The Hall–Kier alpha value is -1.10. The van der Waals surface area contributed by atoms with Crippen molar-refractivity contribution in [3.05, 3.63) is 5.28 Å². The molecular weight excluding hydrogens is 240 g/mol. The van der Waals surface area contributed by atoms with Crippen molar-refractivity contribution in [2.75, 3.05) is 12.4 Å². The van der Waals surface area contributed by atoms with Crippen LogP contribution < -0.4 is 10.1 Å². The second-order valence-electron chi connectivity index (χ2n) is 4.39. The molecule has 0 bridgehead atoms.